The third kappa shape index (κ3) is 1.80. The summed E-state index contributed by atoms with van der Waals surface area (Å²) in [6.45, 7) is 0. The average Bonchev–Trinajstić information content (AvgIpc) is 2.89. The van der Waals surface area contributed by atoms with Gasteiger partial charge in [0, 0.05) is 12.1 Å². The van der Waals surface area contributed by atoms with Crippen molar-refractivity contribution in [1.29, 1.82) is 0 Å². The van der Waals surface area contributed by atoms with Crippen molar-refractivity contribution in [2.45, 2.75) is 31.6 Å². The zero-order chi connectivity index (χ0) is 12.0. The molecule has 1 aromatic heterocycles. The van der Waals surface area contributed by atoms with Gasteiger partial charge in [0.2, 0.25) is 0 Å². The molecule has 1 N–H and O–H groups in total. The number of hydrogen-bond donors (Lipinski definition) is 1. The van der Waals surface area contributed by atoms with E-state index in [1.54, 1.807) is 0 Å². The number of halogens is 1. The first-order valence-electron chi connectivity index (χ1n) is 5.91. The summed E-state index contributed by atoms with van der Waals surface area (Å²) in [6, 6.07) is 0. The topological polar surface area (TPSA) is 63.1 Å². The number of carboxylic acids is 1. The van der Waals surface area contributed by atoms with Crippen LogP contribution in [0.15, 0.2) is 6.20 Å². The molecule has 0 radical (unpaired) electrons. The van der Waals surface area contributed by atoms with E-state index in [1.807, 2.05) is 0 Å². The van der Waals surface area contributed by atoms with Crippen LogP contribution in [0.25, 0.3) is 0 Å². The normalized spacial score (nSPS) is 30.8. The van der Waals surface area contributed by atoms with Gasteiger partial charge in [-0.15, -0.1) is 0 Å². The Bertz CT molecular complexity index is 478. The summed E-state index contributed by atoms with van der Waals surface area (Å²) in [5.41, 5.74) is -0.0152. The van der Waals surface area contributed by atoms with Crippen LogP contribution in [-0.2, 0) is 0 Å². The average molecular weight is 253 g/mol. The van der Waals surface area contributed by atoms with Gasteiger partial charge in [-0.1, -0.05) is 18.0 Å². The minimum atomic E-state index is -1.07. The van der Waals surface area contributed by atoms with Crippen LogP contribution < -0.4 is 0 Å². The van der Waals surface area contributed by atoms with Crippen molar-refractivity contribution in [2.24, 2.45) is 11.8 Å². The largest absolute Gasteiger partial charge is 0.478 e. The molecule has 17 heavy (non-hydrogen) atoms. The van der Waals surface area contributed by atoms with Crippen LogP contribution in [0.5, 0.6) is 0 Å². The minimum Gasteiger partial charge on any atom is -0.478 e. The first-order chi connectivity index (χ1) is 8.15. The van der Waals surface area contributed by atoms with Crippen LogP contribution in [0.3, 0.4) is 0 Å². The van der Waals surface area contributed by atoms with Gasteiger partial charge in [-0.2, -0.15) is 0 Å². The number of rotatable bonds is 2. The molecule has 4 nitrogen and oxygen atoms in total. The van der Waals surface area contributed by atoms with Gasteiger partial charge in [-0.3, -0.25) is 0 Å². The zero-order valence-corrected chi connectivity index (χ0v) is 10.0. The molecule has 2 fully saturated rings. The fourth-order valence-corrected chi connectivity index (χ4v) is 3.47. The van der Waals surface area contributed by atoms with Crippen molar-refractivity contribution in [3.05, 3.63) is 22.7 Å². The molecule has 5 heteroatoms. The number of fused-ring (bicyclic) bond motifs is 2. The third-order valence-corrected chi connectivity index (χ3v) is 4.35. The van der Waals surface area contributed by atoms with Crippen molar-refractivity contribution in [1.82, 2.24) is 9.97 Å². The smallest absolute Gasteiger partial charge is 0.340 e. The number of aromatic nitrogens is 2. The molecule has 0 amide bonds. The van der Waals surface area contributed by atoms with Crippen LogP contribution >= 0.6 is 11.6 Å². The SMILES string of the molecule is O=C(O)c1cnc(C2CC3CCC2C3)nc1Cl. The van der Waals surface area contributed by atoms with Crippen molar-refractivity contribution >= 4 is 17.6 Å². The molecule has 0 aliphatic heterocycles. The van der Waals surface area contributed by atoms with E-state index >= 15 is 0 Å². The molecular formula is C12H13ClN2O2. The lowest BCUT2D eigenvalue weighted by Gasteiger charge is -2.20. The van der Waals surface area contributed by atoms with Gasteiger partial charge in [0.25, 0.3) is 0 Å². The van der Waals surface area contributed by atoms with Crippen LogP contribution in [0, 0.1) is 11.8 Å². The molecule has 2 saturated carbocycles. The molecule has 1 aromatic rings. The summed E-state index contributed by atoms with van der Waals surface area (Å²) in [5, 5.41) is 8.92. The summed E-state index contributed by atoms with van der Waals surface area (Å²) in [5.74, 6) is 1.52. The lowest BCUT2D eigenvalue weighted by Crippen LogP contribution is -2.13. The Morgan fingerprint density at radius 1 is 1.41 bits per heavy atom. The second kappa shape index (κ2) is 3.95. The van der Waals surface area contributed by atoms with E-state index in [-0.39, 0.29) is 10.7 Å². The van der Waals surface area contributed by atoms with Crippen molar-refractivity contribution in [3.63, 3.8) is 0 Å². The van der Waals surface area contributed by atoms with Crippen molar-refractivity contribution < 1.29 is 9.90 Å². The van der Waals surface area contributed by atoms with Gasteiger partial charge < -0.3 is 5.11 Å². The Morgan fingerprint density at radius 3 is 2.76 bits per heavy atom. The van der Waals surface area contributed by atoms with Gasteiger partial charge in [-0.05, 0) is 31.1 Å². The summed E-state index contributed by atoms with van der Waals surface area (Å²) in [4.78, 5) is 19.2. The Kier molecular flexibility index (Phi) is 2.54. The summed E-state index contributed by atoms with van der Waals surface area (Å²) in [6.07, 6.45) is 6.30. The Labute approximate surface area is 104 Å². The summed E-state index contributed by atoms with van der Waals surface area (Å²) < 4.78 is 0. The van der Waals surface area contributed by atoms with Crippen LogP contribution in [0.1, 0.15) is 47.8 Å². The van der Waals surface area contributed by atoms with Gasteiger partial charge >= 0.3 is 5.97 Å². The molecule has 0 saturated heterocycles. The van der Waals surface area contributed by atoms with E-state index in [0.717, 1.165) is 18.2 Å². The van der Waals surface area contributed by atoms with E-state index in [2.05, 4.69) is 9.97 Å². The maximum Gasteiger partial charge on any atom is 0.340 e. The fourth-order valence-electron chi connectivity index (χ4n) is 3.26. The Balaban J connectivity index is 1.89. The maximum absolute atomic E-state index is 10.8. The second-order valence-corrected chi connectivity index (χ2v) is 5.38. The molecule has 3 atom stereocenters. The second-order valence-electron chi connectivity index (χ2n) is 5.02. The van der Waals surface area contributed by atoms with E-state index in [9.17, 15) is 4.79 Å². The van der Waals surface area contributed by atoms with Gasteiger partial charge in [0.15, 0.2) is 0 Å². The van der Waals surface area contributed by atoms with Gasteiger partial charge in [-0.25, -0.2) is 14.8 Å². The number of nitrogens with zero attached hydrogens (tertiary/aromatic N) is 2. The molecule has 2 bridgehead atoms. The third-order valence-electron chi connectivity index (χ3n) is 4.06. The standard InChI is InChI=1S/C12H13ClN2O2/c13-10-9(12(16)17)5-14-11(15-10)8-4-6-1-2-7(8)3-6/h5-8H,1-4H2,(H,16,17). The van der Waals surface area contributed by atoms with E-state index < -0.39 is 5.97 Å². The highest BCUT2D eigenvalue weighted by atomic mass is 35.5. The Hall–Kier alpha value is -1.16. The highest BCUT2D eigenvalue weighted by Crippen LogP contribution is 2.52. The molecule has 3 rings (SSSR count). The summed E-state index contributed by atoms with van der Waals surface area (Å²) in [7, 11) is 0. The van der Waals surface area contributed by atoms with E-state index in [4.69, 9.17) is 16.7 Å². The van der Waals surface area contributed by atoms with E-state index in [1.165, 1.54) is 25.5 Å². The zero-order valence-electron chi connectivity index (χ0n) is 9.27. The highest BCUT2D eigenvalue weighted by molar-refractivity contribution is 6.32. The predicted octanol–water partition coefficient (Wildman–Crippen LogP) is 2.73. The quantitative estimate of drug-likeness (QED) is 0.822. The first kappa shape index (κ1) is 11.0. The highest BCUT2D eigenvalue weighted by Gasteiger charge is 2.41. The monoisotopic (exact) mass is 252 g/mol. The van der Waals surface area contributed by atoms with Gasteiger partial charge in [0.05, 0.1) is 0 Å². The first-order valence-corrected chi connectivity index (χ1v) is 6.28. The van der Waals surface area contributed by atoms with Crippen molar-refractivity contribution in [3.8, 4) is 0 Å². The van der Waals surface area contributed by atoms with Crippen LogP contribution in [-0.4, -0.2) is 21.0 Å². The Morgan fingerprint density at radius 2 is 2.24 bits per heavy atom. The van der Waals surface area contributed by atoms with E-state index in [0.29, 0.717) is 11.8 Å². The molecule has 3 unspecified atom stereocenters. The molecule has 0 aromatic carbocycles. The van der Waals surface area contributed by atoms with Gasteiger partial charge in [0.1, 0.15) is 16.5 Å². The lowest BCUT2D eigenvalue weighted by atomic mass is 9.88. The number of aromatic carboxylic acids is 1. The number of carboxylic acid groups (broad SMARTS) is 1. The molecule has 0 spiro atoms. The maximum atomic E-state index is 10.8. The molecule has 1 heterocycles. The number of carbonyl (C=O) groups is 1. The fraction of sp³-hybridized carbons (Fsp3) is 0.583. The lowest BCUT2D eigenvalue weighted by molar-refractivity contribution is 0.0696. The van der Waals surface area contributed by atoms with Crippen molar-refractivity contribution in [2.75, 3.05) is 0 Å². The minimum absolute atomic E-state index is 0.0152. The predicted molar refractivity (Wildman–Crippen MR) is 62.2 cm³/mol. The molecular weight excluding hydrogens is 240 g/mol. The van der Waals surface area contributed by atoms with Crippen LogP contribution in [0.2, 0.25) is 5.15 Å². The van der Waals surface area contributed by atoms with Crippen LogP contribution in [0.4, 0.5) is 0 Å². The molecule has 90 valence electrons. The molecule has 2 aliphatic rings. The summed E-state index contributed by atoms with van der Waals surface area (Å²) >= 11 is 5.87. The number of hydrogen-bond acceptors (Lipinski definition) is 3. The molecule has 2 aliphatic carbocycles.